The minimum absolute atomic E-state index is 0.468. The molecule has 0 aromatic heterocycles. The third-order valence-electron chi connectivity index (χ3n) is 1.58. The summed E-state index contributed by atoms with van der Waals surface area (Å²) in [5.41, 5.74) is 0. The van der Waals surface area contributed by atoms with Crippen molar-refractivity contribution in [1.82, 2.24) is 2.87 Å². The van der Waals surface area contributed by atoms with Crippen LogP contribution < -0.4 is 0 Å². The van der Waals surface area contributed by atoms with Crippen LogP contribution in [0.2, 0.25) is 0 Å². The van der Waals surface area contributed by atoms with E-state index in [1.807, 2.05) is 0 Å². The molecule has 0 heterocycles. The summed E-state index contributed by atoms with van der Waals surface area (Å²) in [4.78, 5) is 0. The molecule has 4 heteroatoms. The van der Waals surface area contributed by atoms with Gasteiger partial charge in [-0.25, -0.2) is 0 Å². The predicted octanol–water partition coefficient (Wildman–Crippen LogP) is -0.0542. The van der Waals surface area contributed by atoms with Crippen LogP contribution in [0.4, 0.5) is 0 Å². The molecule has 0 spiro atoms. The van der Waals surface area contributed by atoms with Gasteiger partial charge in [0.1, 0.15) is 0 Å². The summed E-state index contributed by atoms with van der Waals surface area (Å²) in [5, 5.41) is 0. The van der Waals surface area contributed by atoms with Crippen molar-refractivity contribution in [2.75, 3.05) is 0 Å². The molecule has 0 fully saturated rings. The Hall–Kier alpha value is 1.75. The standard InChI is InChI=1S/C4H8IN.2Al.4H/c1-3-4(2,5)6;;;;;;/h3H2,1-2H3;;;;;;. The molecule has 0 saturated carbocycles. The van der Waals surface area contributed by atoms with Gasteiger partial charge in [0.15, 0.2) is 0 Å². The van der Waals surface area contributed by atoms with E-state index < -0.39 is 0 Å². The SMILES string of the molecule is CCC(C)(I)[N]([AlH2])[AlH2]. The lowest BCUT2D eigenvalue weighted by atomic mass is 10.3. The van der Waals surface area contributed by atoms with Crippen molar-refractivity contribution >= 4 is 55.6 Å². The van der Waals surface area contributed by atoms with E-state index in [4.69, 9.17) is 0 Å². The van der Waals surface area contributed by atoms with Gasteiger partial charge < -0.3 is 2.87 Å². The lowest BCUT2D eigenvalue weighted by molar-refractivity contribution is 0.484. The van der Waals surface area contributed by atoms with Gasteiger partial charge in [-0.2, -0.15) is 0 Å². The van der Waals surface area contributed by atoms with Crippen LogP contribution in [-0.2, 0) is 0 Å². The first-order valence-corrected chi connectivity index (χ1v) is 5.74. The van der Waals surface area contributed by atoms with E-state index in [0.29, 0.717) is 3.55 Å². The molecule has 0 radical (unpaired) electrons. The van der Waals surface area contributed by atoms with E-state index in [9.17, 15) is 0 Å². The van der Waals surface area contributed by atoms with Crippen LogP contribution in [0.1, 0.15) is 20.3 Å². The van der Waals surface area contributed by atoms with Crippen molar-refractivity contribution in [2.45, 2.75) is 23.8 Å². The van der Waals surface area contributed by atoms with Crippen molar-refractivity contribution < 1.29 is 0 Å². The summed E-state index contributed by atoms with van der Waals surface area (Å²) in [6.07, 6.45) is 1.26. The molecular weight excluding hydrogens is 243 g/mol. The molecule has 0 aliphatic heterocycles. The maximum atomic E-state index is 2.53. The van der Waals surface area contributed by atoms with Gasteiger partial charge >= 0.3 is 0 Å². The minimum atomic E-state index is 0.468. The van der Waals surface area contributed by atoms with Crippen LogP contribution in [-0.4, -0.2) is 39.4 Å². The van der Waals surface area contributed by atoms with Gasteiger partial charge in [0.2, 0.25) is 0 Å². The molecule has 0 saturated heterocycles. The number of hydrogen-bond donors (Lipinski definition) is 0. The first-order valence-electron chi connectivity index (χ1n) is 2.87. The summed E-state index contributed by atoms with van der Waals surface area (Å²) in [6.45, 7) is 4.54. The summed E-state index contributed by atoms with van der Waals surface area (Å²) < 4.78 is 2.98. The highest BCUT2D eigenvalue weighted by Crippen LogP contribution is 2.22. The molecule has 0 N–H and O–H groups in total. The molecule has 1 nitrogen and oxygen atoms in total. The zero-order valence-corrected chi connectivity index (χ0v) is 12.2. The van der Waals surface area contributed by atoms with Crippen molar-refractivity contribution in [2.24, 2.45) is 0 Å². The molecule has 8 heavy (non-hydrogen) atoms. The van der Waals surface area contributed by atoms with Gasteiger partial charge in [-0.3, -0.25) is 0 Å². The average Bonchev–Trinajstić information content (AvgIpc) is 1.67. The fraction of sp³-hybridized carbons (Fsp3) is 1.00. The largest absolute Gasteiger partial charge is 0.469 e. The van der Waals surface area contributed by atoms with Crippen LogP contribution >= 0.6 is 22.6 Å². The molecule has 0 bridgehead atoms. The molecule has 0 aromatic rings. The molecule has 46 valence electrons. The van der Waals surface area contributed by atoms with Gasteiger partial charge in [0.05, 0.1) is 0 Å². The number of halogens is 1. The first-order chi connectivity index (χ1) is 3.50. The van der Waals surface area contributed by atoms with Gasteiger partial charge in [0, 0.05) is 3.55 Å². The maximum Gasteiger partial charge on any atom is 0.299 e. The maximum absolute atomic E-state index is 2.53. The van der Waals surface area contributed by atoms with E-state index >= 15 is 0 Å². The van der Waals surface area contributed by atoms with Gasteiger partial charge in [-0.1, -0.05) is 29.5 Å². The Bertz CT molecular complexity index is 74.4. The van der Waals surface area contributed by atoms with E-state index in [0.717, 1.165) is 0 Å². The van der Waals surface area contributed by atoms with Gasteiger partial charge in [-0.15, -0.1) is 0 Å². The van der Waals surface area contributed by atoms with Crippen LogP contribution in [0.15, 0.2) is 0 Å². The summed E-state index contributed by atoms with van der Waals surface area (Å²) in [5.74, 6) is 0. The quantitative estimate of drug-likeness (QED) is 0.289. The number of nitrogens with zero attached hydrogens (tertiary/aromatic N) is 1. The Morgan fingerprint density at radius 1 is 1.62 bits per heavy atom. The van der Waals surface area contributed by atoms with Crippen molar-refractivity contribution in [3.05, 3.63) is 0 Å². The Morgan fingerprint density at radius 2 is 2.00 bits per heavy atom. The molecular formula is C4H12Al2IN. The number of alkyl halides is 1. The average molecular weight is 255 g/mol. The third kappa shape index (κ3) is 3.06. The van der Waals surface area contributed by atoms with Crippen molar-refractivity contribution in [3.63, 3.8) is 0 Å². The number of hydrogen-bond acceptors (Lipinski definition) is 1. The van der Waals surface area contributed by atoms with Gasteiger partial charge in [0.25, 0.3) is 33.0 Å². The van der Waals surface area contributed by atoms with E-state index in [-0.39, 0.29) is 0 Å². The molecule has 1 unspecified atom stereocenters. The Morgan fingerprint density at radius 3 is 2.00 bits per heavy atom. The zero-order chi connectivity index (χ0) is 6.78. The number of rotatable bonds is 2. The fourth-order valence-electron chi connectivity index (χ4n) is 0.316. The van der Waals surface area contributed by atoms with Crippen LogP contribution in [0.25, 0.3) is 0 Å². The molecule has 1 atom stereocenters. The molecule has 0 aliphatic rings. The lowest BCUT2D eigenvalue weighted by Gasteiger charge is -2.32. The molecule has 0 aliphatic carbocycles. The van der Waals surface area contributed by atoms with E-state index in [2.05, 4.69) is 39.3 Å². The molecule has 0 rings (SSSR count). The minimum Gasteiger partial charge on any atom is -0.469 e. The normalized spacial score (nSPS) is 18.5. The monoisotopic (exact) mass is 255 g/mol. The highest BCUT2D eigenvalue weighted by molar-refractivity contribution is 14.1. The van der Waals surface area contributed by atoms with Crippen LogP contribution in [0, 0.1) is 0 Å². The van der Waals surface area contributed by atoms with Gasteiger partial charge in [-0.05, 0) is 13.3 Å². The highest BCUT2D eigenvalue weighted by atomic mass is 127. The summed E-state index contributed by atoms with van der Waals surface area (Å²) in [7, 11) is 0. The summed E-state index contributed by atoms with van der Waals surface area (Å²) in [6, 6.07) is 0. The second kappa shape index (κ2) is 3.81. The highest BCUT2D eigenvalue weighted by Gasteiger charge is 2.16. The molecule has 0 amide bonds. The zero-order valence-electron chi connectivity index (χ0n) is 6.03. The topological polar surface area (TPSA) is 3.24 Å². The van der Waals surface area contributed by atoms with Crippen LogP contribution in [0.3, 0.4) is 0 Å². The smallest absolute Gasteiger partial charge is 0.299 e. The third-order valence-corrected chi connectivity index (χ3v) is 7.10. The molecule has 0 aromatic carbocycles. The Kier molecular flexibility index (Phi) is 4.65. The summed E-state index contributed by atoms with van der Waals surface area (Å²) >= 11 is 4.97. The van der Waals surface area contributed by atoms with Crippen LogP contribution in [0.5, 0.6) is 0 Å². The van der Waals surface area contributed by atoms with E-state index in [1.54, 1.807) is 0 Å². The second-order valence-electron chi connectivity index (χ2n) is 2.39. The van der Waals surface area contributed by atoms with Crippen molar-refractivity contribution in [3.8, 4) is 0 Å². The first kappa shape index (κ1) is 9.75. The Balaban J connectivity index is 3.71. The predicted molar refractivity (Wildman–Crippen MR) is 51.6 cm³/mol. The fourth-order valence-corrected chi connectivity index (χ4v) is 0.949. The Labute approximate surface area is 81.6 Å². The lowest BCUT2D eigenvalue weighted by Crippen LogP contribution is -2.36. The van der Waals surface area contributed by atoms with Crippen molar-refractivity contribution in [1.29, 1.82) is 0 Å². The second-order valence-corrected chi connectivity index (χ2v) is 9.19. The van der Waals surface area contributed by atoms with E-state index in [1.165, 1.54) is 39.4 Å².